The largest absolute Gasteiger partial charge is 0.573 e. The minimum Gasteiger partial charge on any atom is -0.497 e. The molecule has 53 heavy (non-hydrogen) atoms. The Morgan fingerprint density at radius 3 is 2.30 bits per heavy atom. The number of aliphatic hydroxyl groups is 1. The van der Waals surface area contributed by atoms with Crippen LogP contribution in [-0.4, -0.2) is 88.5 Å². The molecule has 2 aliphatic rings. The predicted molar refractivity (Wildman–Crippen MR) is 189 cm³/mol. The van der Waals surface area contributed by atoms with E-state index < -0.39 is 56.5 Å². The van der Waals surface area contributed by atoms with Gasteiger partial charge in [0.15, 0.2) is 11.3 Å². The number of hydrogen-bond donors (Lipinski definition) is 1. The zero-order valence-corrected chi connectivity index (χ0v) is 30.5. The Hall–Kier alpha value is -4.83. The molecule has 0 saturated carbocycles. The molecule has 0 spiro atoms. The number of ether oxygens (including phenoxy) is 3. The standard InChI is InChI=1S/C37H35ClF3N3O8S/c1-42(2)34(46)30-19-25(45)21-43(30)36(28-17-23(10-14-31(28)51-4)16-22-8-6-5-7-9-22)27-18-24(38)11-13-29(27)44(35(36)47)53(48,49)33-15-12-26(50-3)20-32(33)52-37(39,40)41/h5-15,17-18,20,25,30,45H,16,19,21H2,1-4H3/t25-,30+,36?/m1/s1. The predicted octanol–water partition coefficient (Wildman–Crippen LogP) is 5.35. The molecule has 11 nitrogen and oxygen atoms in total. The van der Waals surface area contributed by atoms with Crippen LogP contribution in [0.25, 0.3) is 0 Å². The van der Waals surface area contributed by atoms with E-state index in [9.17, 15) is 31.5 Å². The van der Waals surface area contributed by atoms with E-state index in [-0.39, 0.29) is 46.3 Å². The smallest absolute Gasteiger partial charge is 0.497 e. The third-order valence-electron chi connectivity index (χ3n) is 9.30. The Morgan fingerprint density at radius 1 is 0.943 bits per heavy atom. The van der Waals surface area contributed by atoms with Gasteiger partial charge in [0.05, 0.1) is 32.1 Å². The molecule has 4 aromatic carbocycles. The number of sulfonamides is 1. The number of carbonyl (C=O) groups is 2. The average molecular weight is 774 g/mol. The fourth-order valence-corrected chi connectivity index (χ4v) is 8.84. The zero-order chi connectivity index (χ0) is 38.5. The molecule has 3 atom stereocenters. The van der Waals surface area contributed by atoms with Gasteiger partial charge in [0.1, 0.15) is 16.4 Å². The van der Waals surface area contributed by atoms with Gasteiger partial charge in [-0.2, -0.15) is 0 Å². The monoisotopic (exact) mass is 773 g/mol. The van der Waals surface area contributed by atoms with E-state index in [1.807, 2.05) is 30.3 Å². The lowest BCUT2D eigenvalue weighted by Crippen LogP contribution is -2.59. The number of fused-ring (bicyclic) bond motifs is 1. The van der Waals surface area contributed by atoms with Crippen LogP contribution in [0.3, 0.4) is 0 Å². The number of benzene rings is 4. The maximum Gasteiger partial charge on any atom is 0.573 e. The molecule has 1 N–H and O–H groups in total. The van der Waals surface area contributed by atoms with E-state index in [2.05, 4.69) is 4.74 Å². The molecule has 16 heteroatoms. The number of nitrogens with zero attached hydrogens (tertiary/aromatic N) is 3. The summed E-state index contributed by atoms with van der Waals surface area (Å²) < 4.78 is 86.1. The van der Waals surface area contributed by atoms with Crippen LogP contribution in [-0.2, 0) is 31.6 Å². The molecule has 0 aliphatic carbocycles. The van der Waals surface area contributed by atoms with Crippen molar-refractivity contribution in [3.63, 3.8) is 0 Å². The van der Waals surface area contributed by atoms with Crippen molar-refractivity contribution < 1.29 is 50.5 Å². The number of anilines is 1. The lowest BCUT2D eigenvalue weighted by Gasteiger charge is -2.42. The molecule has 2 amide bonds. The van der Waals surface area contributed by atoms with Crippen molar-refractivity contribution in [1.29, 1.82) is 0 Å². The summed E-state index contributed by atoms with van der Waals surface area (Å²) in [5.74, 6) is -2.83. The minimum absolute atomic E-state index is 0.00815. The van der Waals surface area contributed by atoms with Crippen molar-refractivity contribution in [2.75, 3.05) is 39.2 Å². The highest BCUT2D eigenvalue weighted by Gasteiger charge is 2.64. The van der Waals surface area contributed by atoms with Gasteiger partial charge in [-0.05, 0) is 66.4 Å². The molecule has 1 unspecified atom stereocenters. The molecule has 4 aromatic rings. The highest BCUT2D eigenvalue weighted by molar-refractivity contribution is 7.93. The topological polar surface area (TPSA) is 126 Å². The van der Waals surface area contributed by atoms with E-state index in [1.165, 1.54) is 56.3 Å². The molecule has 0 aromatic heterocycles. The summed E-state index contributed by atoms with van der Waals surface area (Å²) in [6.07, 6.45) is -6.21. The highest BCUT2D eigenvalue weighted by atomic mass is 35.5. The third-order valence-corrected chi connectivity index (χ3v) is 11.3. The van der Waals surface area contributed by atoms with E-state index >= 15 is 4.79 Å². The van der Waals surface area contributed by atoms with Crippen molar-refractivity contribution >= 4 is 39.1 Å². The molecule has 6 rings (SSSR count). The van der Waals surface area contributed by atoms with Crippen molar-refractivity contribution in [2.45, 2.75) is 41.8 Å². The first-order valence-electron chi connectivity index (χ1n) is 16.2. The fourth-order valence-electron chi connectivity index (χ4n) is 7.11. The normalized spacial score (nSPS) is 20.3. The van der Waals surface area contributed by atoms with Crippen LogP contribution in [0.1, 0.15) is 28.7 Å². The average Bonchev–Trinajstić information content (AvgIpc) is 3.61. The molecule has 280 valence electrons. The van der Waals surface area contributed by atoms with Crippen LogP contribution >= 0.6 is 11.6 Å². The fraction of sp³-hybridized carbons (Fsp3) is 0.297. The number of alkyl halides is 3. The first-order chi connectivity index (χ1) is 25.0. The van der Waals surface area contributed by atoms with Crippen molar-refractivity contribution in [3.05, 3.63) is 112 Å². The lowest BCUT2D eigenvalue weighted by atomic mass is 9.79. The third kappa shape index (κ3) is 6.78. The van der Waals surface area contributed by atoms with Gasteiger partial charge in [0, 0.05) is 42.9 Å². The Labute approximate surface area is 309 Å². The van der Waals surface area contributed by atoms with Gasteiger partial charge < -0.3 is 24.2 Å². The molecular weight excluding hydrogens is 739 g/mol. The minimum atomic E-state index is -5.32. The van der Waals surface area contributed by atoms with Crippen LogP contribution in [0.5, 0.6) is 17.2 Å². The quantitative estimate of drug-likeness (QED) is 0.227. The summed E-state index contributed by atoms with van der Waals surface area (Å²) in [6.45, 7) is -0.285. The van der Waals surface area contributed by atoms with E-state index in [0.29, 0.717) is 16.3 Å². The SMILES string of the molecule is COc1ccc(S(=O)(=O)N2C(=O)C(c3cc(Cc4ccccc4)ccc3OC)(N3C[C@H](O)C[C@H]3C(=O)N(C)C)c3cc(Cl)ccc32)c(OC(F)(F)F)c1. The number of halogens is 4. The van der Waals surface area contributed by atoms with Crippen LogP contribution in [0.4, 0.5) is 18.9 Å². The summed E-state index contributed by atoms with van der Waals surface area (Å²) in [7, 11) is 0.276. The second-order valence-corrected chi connectivity index (χ2v) is 15.0. The summed E-state index contributed by atoms with van der Waals surface area (Å²) >= 11 is 6.58. The molecular formula is C37H35ClF3N3O8S. The van der Waals surface area contributed by atoms with Crippen LogP contribution in [0.2, 0.25) is 5.02 Å². The second kappa shape index (κ2) is 14.2. The summed E-state index contributed by atoms with van der Waals surface area (Å²) in [5.41, 5.74) is -0.789. The van der Waals surface area contributed by atoms with E-state index in [4.69, 9.17) is 21.1 Å². The number of rotatable bonds is 10. The Morgan fingerprint density at radius 2 is 1.66 bits per heavy atom. The number of carbonyl (C=O) groups excluding carboxylic acids is 2. The second-order valence-electron chi connectivity index (χ2n) is 12.8. The van der Waals surface area contributed by atoms with Crippen LogP contribution in [0.15, 0.2) is 89.8 Å². The molecule has 1 saturated heterocycles. The van der Waals surface area contributed by atoms with Gasteiger partial charge in [-0.3, -0.25) is 14.5 Å². The number of likely N-dealkylation sites (tertiary alicyclic amines) is 1. The van der Waals surface area contributed by atoms with E-state index in [0.717, 1.165) is 23.8 Å². The number of β-amino-alcohol motifs (C(OH)–C–C–N with tert-alkyl or cyclic N) is 1. The summed E-state index contributed by atoms with van der Waals surface area (Å²) in [6, 6.07) is 19.9. The van der Waals surface area contributed by atoms with Crippen molar-refractivity contribution in [2.24, 2.45) is 0 Å². The van der Waals surface area contributed by atoms with E-state index in [1.54, 1.807) is 18.2 Å². The van der Waals surface area contributed by atoms with Gasteiger partial charge in [0.25, 0.3) is 15.9 Å². The molecule has 2 aliphatic heterocycles. The van der Waals surface area contributed by atoms with Crippen LogP contribution in [0, 0.1) is 0 Å². The number of aliphatic hydroxyl groups excluding tert-OH is 1. The summed E-state index contributed by atoms with van der Waals surface area (Å²) in [5, 5.41) is 11.2. The highest BCUT2D eigenvalue weighted by Crippen LogP contribution is 2.55. The number of amides is 2. The van der Waals surface area contributed by atoms with Gasteiger partial charge >= 0.3 is 6.36 Å². The Kier molecular flexibility index (Phi) is 10.2. The maximum absolute atomic E-state index is 15.6. The van der Waals surface area contributed by atoms with Gasteiger partial charge in [-0.15, -0.1) is 13.2 Å². The van der Waals surface area contributed by atoms with Gasteiger partial charge in [0.2, 0.25) is 5.91 Å². The Balaban J connectivity index is 1.68. The summed E-state index contributed by atoms with van der Waals surface area (Å²) in [4.78, 5) is 31.2. The lowest BCUT2D eigenvalue weighted by molar-refractivity contribution is -0.275. The number of likely N-dealkylation sites (N-methyl/N-ethyl adjacent to an activating group) is 1. The Bertz CT molecular complexity index is 2170. The molecule has 0 radical (unpaired) electrons. The van der Waals surface area contributed by atoms with Gasteiger partial charge in [-0.25, -0.2) is 12.7 Å². The van der Waals surface area contributed by atoms with Crippen molar-refractivity contribution in [3.8, 4) is 17.2 Å². The number of hydrogen-bond acceptors (Lipinski definition) is 9. The van der Waals surface area contributed by atoms with Crippen molar-refractivity contribution in [1.82, 2.24) is 9.80 Å². The maximum atomic E-state index is 15.6. The first kappa shape index (κ1) is 37.9. The zero-order valence-electron chi connectivity index (χ0n) is 28.9. The molecule has 0 bridgehead atoms. The first-order valence-corrected chi connectivity index (χ1v) is 18.1. The van der Waals surface area contributed by atoms with Crippen LogP contribution < -0.4 is 18.5 Å². The van der Waals surface area contributed by atoms with Gasteiger partial charge in [-0.1, -0.05) is 48.0 Å². The molecule has 2 heterocycles. The molecule has 1 fully saturated rings. The number of methoxy groups -OCH3 is 2.